The van der Waals surface area contributed by atoms with Crippen molar-refractivity contribution in [2.45, 2.75) is 31.7 Å². The zero-order valence-electron chi connectivity index (χ0n) is 12.1. The van der Waals surface area contributed by atoms with Crippen LogP contribution in [0.25, 0.3) is 0 Å². The molecule has 1 aliphatic rings. The number of carboxylic acid groups (broad SMARTS) is 2. The fourth-order valence-corrected chi connectivity index (χ4v) is 2.21. The standard InChI is InChI=1S/C13H22N2O6/c1-15(7-9-3-2-6-21-8-9)13(20)14-10(12(18)19)4-5-11(16)17/h9-10H,2-8H2,1H3,(H,14,20)(H,16,17)(H,18,19)/t9?,10-/m0/s1. The van der Waals surface area contributed by atoms with Gasteiger partial charge in [0.15, 0.2) is 0 Å². The molecule has 1 saturated heterocycles. The SMILES string of the molecule is CN(CC1CCCOC1)C(=O)N[C@@H](CCC(=O)O)C(=O)O. The maximum Gasteiger partial charge on any atom is 0.326 e. The van der Waals surface area contributed by atoms with Crippen molar-refractivity contribution in [3.63, 3.8) is 0 Å². The van der Waals surface area contributed by atoms with Crippen LogP contribution >= 0.6 is 0 Å². The van der Waals surface area contributed by atoms with Gasteiger partial charge < -0.3 is 25.2 Å². The number of nitrogens with one attached hydrogen (secondary N) is 1. The molecule has 3 N–H and O–H groups in total. The zero-order chi connectivity index (χ0) is 15.8. The average molecular weight is 302 g/mol. The van der Waals surface area contributed by atoms with Crippen molar-refractivity contribution in [2.75, 3.05) is 26.8 Å². The second kappa shape index (κ2) is 8.46. The first-order chi connectivity index (χ1) is 9.90. The van der Waals surface area contributed by atoms with Gasteiger partial charge in [-0.1, -0.05) is 0 Å². The van der Waals surface area contributed by atoms with Gasteiger partial charge in [-0.3, -0.25) is 4.79 Å². The number of hydrogen-bond donors (Lipinski definition) is 3. The summed E-state index contributed by atoms with van der Waals surface area (Å²) in [5, 5.41) is 19.9. The number of amides is 2. The predicted molar refractivity (Wildman–Crippen MR) is 73.0 cm³/mol. The normalized spacial score (nSPS) is 19.6. The first-order valence-electron chi connectivity index (χ1n) is 6.94. The Morgan fingerprint density at radius 1 is 1.38 bits per heavy atom. The van der Waals surface area contributed by atoms with Gasteiger partial charge in [-0.05, 0) is 19.3 Å². The largest absolute Gasteiger partial charge is 0.481 e. The minimum absolute atomic E-state index is 0.142. The van der Waals surface area contributed by atoms with Crippen molar-refractivity contribution >= 4 is 18.0 Å². The van der Waals surface area contributed by atoms with Crippen molar-refractivity contribution in [1.82, 2.24) is 10.2 Å². The molecule has 0 aromatic carbocycles. The smallest absolute Gasteiger partial charge is 0.326 e. The fourth-order valence-electron chi connectivity index (χ4n) is 2.21. The number of carbonyl (C=O) groups excluding carboxylic acids is 1. The van der Waals surface area contributed by atoms with E-state index < -0.39 is 24.0 Å². The Balaban J connectivity index is 2.43. The molecule has 8 heteroatoms. The van der Waals surface area contributed by atoms with E-state index in [4.69, 9.17) is 14.9 Å². The van der Waals surface area contributed by atoms with Crippen LogP contribution in [0.4, 0.5) is 4.79 Å². The van der Waals surface area contributed by atoms with E-state index in [1.165, 1.54) is 4.90 Å². The van der Waals surface area contributed by atoms with E-state index in [1.807, 2.05) is 0 Å². The van der Waals surface area contributed by atoms with E-state index in [0.717, 1.165) is 19.4 Å². The Kier molecular flexibility index (Phi) is 6.93. The van der Waals surface area contributed by atoms with Gasteiger partial charge in [-0.15, -0.1) is 0 Å². The topological polar surface area (TPSA) is 116 Å². The lowest BCUT2D eigenvalue weighted by Crippen LogP contribution is -2.48. The van der Waals surface area contributed by atoms with Crippen molar-refractivity contribution in [1.29, 1.82) is 0 Å². The van der Waals surface area contributed by atoms with Gasteiger partial charge in [0.05, 0.1) is 6.61 Å². The van der Waals surface area contributed by atoms with E-state index in [9.17, 15) is 14.4 Å². The highest BCUT2D eigenvalue weighted by Gasteiger charge is 2.24. The second-order valence-electron chi connectivity index (χ2n) is 5.24. The summed E-state index contributed by atoms with van der Waals surface area (Å²) >= 11 is 0. The van der Waals surface area contributed by atoms with Gasteiger partial charge in [0.2, 0.25) is 0 Å². The van der Waals surface area contributed by atoms with Crippen molar-refractivity contribution in [2.24, 2.45) is 5.92 Å². The first-order valence-corrected chi connectivity index (χ1v) is 6.94. The molecule has 2 amide bonds. The van der Waals surface area contributed by atoms with Crippen LogP contribution in [-0.2, 0) is 14.3 Å². The number of aliphatic carboxylic acids is 2. The van der Waals surface area contributed by atoms with Crippen LogP contribution in [0.15, 0.2) is 0 Å². The molecule has 0 saturated carbocycles. The van der Waals surface area contributed by atoms with Gasteiger partial charge >= 0.3 is 18.0 Å². The Morgan fingerprint density at radius 2 is 2.10 bits per heavy atom. The first kappa shape index (κ1) is 17.2. The minimum Gasteiger partial charge on any atom is -0.481 e. The van der Waals surface area contributed by atoms with E-state index in [1.54, 1.807) is 7.05 Å². The highest BCUT2D eigenvalue weighted by atomic mass is 16.5. The minimum atomic E-state index is -1.24. The van der Waals surface area contributed by atoms with Gasteiger partial charge in [0, 0.05) is 32.5 Å². The van der Waals surface area contributed by atoms with Crippen molar-refractivity contribution in [3.8, 4) is 0 Å². The summed E-state index contributed by atoms with van der Waals surface area (Å²) in [6.07, 6.45) is 1.48. The van der Waals surface area contributed by atoms with Crippen LogP contribution in [0.2, 0.25) is 0 Å². The summed E-state index contributed by atoms with van der Waals surface area (Å²) in [5.41, 5.74) is 0. The van der Waals surface area contributed by atoms with E-state index >= 15 is 0 Å². The summed E-state index contributed by atoms with van der Waals surface area (Å²) in [7, 11) is 1.58. The molecule has 0 aliphatic carbocycles. The van der Waals surface area contributed by atoms with Crippen LogP contribution in [0.1, 0.15) is 25.7 Å². The van der Waals surface area contributed by atoms with Crippen LogP contribution in [0, 0.1) is 5.92 Å². The fraction of sp³-hybridized carbons (Fsp3) is 0.769. The number of ether oxygens (including phenoxy) is 1. The molecule has 1 rings (SSSR count). The zero-order valence-corrected chi connectivity index (χ0v) is 12.1. The van der Waals surface area contributed by atoms with Crippen LogP contribution in [0.5, 0.6) is 0 Å². The molecule has 1 heterocycles. The maximum absolute atomic E-state index is 11.9. The highest BCUT2D eigenvalue weighted by molar-refractivity contribution is 5.82. The predicted octanol–water partition coefficient (Wildman–Crippen LogP) is 0.372. The summed E-state index contributed by atoms with van der Waals surface area (Å²) in [6.45, 7) is 1.82. The number of hydrogen-bond acceptors (Lipinski definition) is 4. The van der Waals surface area contributed by atoms with Crippen molar-refractivity contribution < 1.29 is 29.3 Å². The highest BCUT2D eigenvalue weighted by Crippen LogP contribution is 2.14. The third-order valence-corrected chi connectivity index (χ3v) is 3.38. The van der Waals surface area contributed by atoms with Crippen LogP contribution < -0.4 is 5.32 Å². The molecule has 1 aliphatic heterocycles. The Hall–Kier alpha value is -1.83. The van der Waals surface area contributed by atoms with Gasteiger partial charge in [-0.2, -0.15) is 0 Å². The molecule has 0 bridgehead atoms. The van der Waals surface area contributed by atoms with Crippen LogP contribution in [-0.4, -0.2) is 65.9 Å². The molecule has 21 heavy (non-hydrogen) atoms. The Bertz CT molecular complexity index is 381. The number of rotatable bonds is 7. The Morgan fingerprint density at radius 3 is 2.62 bits per heavy atom. The average Bonchev–Trinajstić information content (AvgIpc) is 2.43. The number of carbonyl (C=O) groups is 3. The molecule has 0 aromatic rings. The summed E-state index contributed by atoms with van der Waals surface area (Å²) < 4.78 is 5.33. The lowest BCUT2D eigenvalue weighted by Gasteiger charge is -2.28. The number of nitrogens with zero attached hydrogens (tertiary/aromatic N) is 1. The molecule has 0 radical (unpaired) electrons. The molecule has 8 nitrogen and oxygen atoms in total. The third-order valence-electron chi connectivity index (χ3n) is 3.38. The monoisotopic (exact) mass is 302 g/mol. The summed E-state index contributed by atoms with van der Waals surface area (Å²) in [6, 6.07) is -1.71. The summed E-state index contributed by atoms with van der Waals surface area (Å²) in [5.74, 6) is -2.08. The van der Waals surface area contributed by atoms with E-state index in [-0.39, 0.29) is 18.8 Å². The van der Waals surface area contributed by atoms with Gasteiger partial charge in [-0.25, -0.2) is 9.59 Å². The van der Waals surface area contributed by atoms with E-state index in [0.29, 0.717) is 13.2 Å². The van der Waals surface area contributed by atoms with E-state index in [2.05, 4.69) is 5.32 Å². The molecule has 0 spiro atoms. The molecular formula is C13H22N2O6. The second-order valence-corrected chi connectivity index (χ2v) is 5.24. The summed E-state index contributed by atoms with van der Waals surface area (Å²) in [4.78, 5) is 34.8. The molecule has 2 atom stereocenters. The lowest BCUT2D eigenvalue weighted by molar-refractivity contribution is -0.140. The van der Waals surface area contributed by atoms with Crippen molar-refractivity contribution in [3.05, 3.63) is 0 Å². The maximum atomic E-state index is 11.9. The molecule has 120 valence electrons. The van der Waals surface area contributed by atoms with Crippen LogP contribution in [0.3, 0.4) is 0 Å². The molecule has 1 fully saturated rings. The third kappa shape index (κ3) is 6.44. The lowest BCUT2D eigenvalue weighted by atomic mass is 10.0. The van der Waals surface area contributed by atoms with Gasteiger partial charge in [0.25, 0.3) is 0 Å². The number of urea groups is 1. The quantitative estimate of drug-likeness (QED) is 0.626. The Labute approximate surface area is 123 Å². The number of carboxylic acids is 2. The molecular weight excluding hydrogens is 280 g/mol. The molecule has 1 unspecified atom stereocenters. The molecule has 0 aromatic heterocycles. The van der Waals surface area contributed by atoms with Gasteiger partial charge in [0.1, 0.15) is 6.04 Å².